The number of pyridine rings is 1. The number of thioether (sulfide) groups is 1. The lowest BCUT2D eigenvalue weighted by atomic mass is 10.2. The number of carboxylic acid groups (broad SMARTS) is 1. The molecule has 25 heavy (non-hydrogen) atoms. The Labute approximate surface area is 146 Å². The third-order valence-corrected chi connectivity index (χ3v) is 4.11. The van der Waals surface area contributed by atoms with Crippen LogP contribution >= 0.6 is 11.8 Å². The minimum Gasteiger partial charge on any atom is -0.478 e. The van der Waals surface area contributed by atoms with E-state index in [0.29, 0.717) is 10.8 Å². The molecule has 9 heteroatoms. The molecule has 0 saturated carbocycles. The molecule has 0 unspecified atom stereocenters. The van der Waals surface area contributed by atoms with Crippen LogP contribution in [-0.2, 0) is 4.79 Å². The molecular weight excluding hydrogens is 342 g/mol. The summed E-state index contributed by atoms with van der Waals surface area (Å²) in [5.74, 6) is -1.21. The van der Waals surface area contributed by atoms with E-state index in [2.05, 4.69) is 20.5 Å². The Morgan fingerprint density at radius 2 is 2.12 bits per heavy atom. The average Bonchev–Trinajstić information content (AvgIpc) is 3.09. The third-order valence-electron chi connectivity index (χ3n) is 3.17. The summed E-state index contributed by atoms with van der Waals surface area (Å²) < 4.78 is 1.73. The SMILES string of the molecule is O=C(CSc1nncn1-c1cccnc1)Nc1cccc(C(=O)O)c1. The largest absolute Gasteiger partial charge is 0.478 e. The molecule has 0 aliphatic rings. The van der Waals surface area contributed by atoms with Gasteiger partial charge in [0.15, 0.2) is 5.16 Å². The number of aromatic nitrogens is 4. The lowest BCUT2D eigenvalue weighted by Crippen LogP contribution is -2.15. The van der Waals surface area contributed by atoms with Crippen LogP contribution in [-0.4, -0.2) is 42.5 Å². The molecule has 1 aromatic carbocycles. The van der Waals surface area contributed by atoms with Crippen molar-refractivity contribution in [1.29, 1.82) is 0 Å². The van der Waals surface area contributed by atoms with Gasteiger partial charge in [0, 0.05) is 11.9 Å². The van der Waals surface area contributed by atoms with E-state index in [-0.39, 0.29) is 17.2 Å². The normalized spacial score (nSPS) is 10.4. The second-order valence-corrected chi connectivity index (χ2v) is 5.86. The molecule has 0 atom stereocenters. The van der Waals surface area contributed by atoms with Crippen LogP contribution < -0.4 is 5.32 Å². The van der Waals surface area contributed by atoms with E-state index in [9.17, 15) is 9.59 Å². The van der Waals surface area contributed by atoms with Crippen molar-refractivity contribution in [2.45, 2.75) is 5.16 Å². The molecule has 3 rings (SSSR count). The number of hydrogen-bond acceptors (Lipinski definition) is 6. The minimum absolute atomic E-state index is 0.107. The first-order valence-electron chi connectivity index (χ1n) is 7.20. The molecule has 0 aliphatic heterocycles. The van der Waals surface area contributed by atoms with Crippen LogP contribution in [0.1, 0.15) is 10.4 Å². The van der Waals surface area contributed by atoms with Gasteiger partial charge in [-0.1, -0.05) is 17.8 Å². The van der Waals surface area contributed by atoms with Crippen LogP contribution in [0, 0.1) is 0 Å². The van der Waals surface area contributed by atoms with Crippen molar-refractivity contribution in [3.05, 3.63) is 60.7 Å². The molecule has 2 aromatic heterocycles. The molecule has 1 amide bonds. The van der Waals surface area contributed by atoms with E-state index < -0.39 is 5.97 Å². The molecule has 0 spiro atoms. The zero-order chi connectivity index (χ0) is 17.6. The van der Waals surface area contributed by atoms with Gasteiger partial charge in [-0.15, -0.1) is 10.2 Å². The predicted molar refractivity (Wildman–Crippen MR) is 91.9 cm³/mol. The van der Waals surface area contributed by atoms with Gasteiger partial charge in [-0.3, -0.25) is 14.3 Å². The van der Waals surface area contributed by atoms with E-state index in [4.69, 9.17) is 5.11 Å². The topological polar surface area (TPSA) is 110 Å². The first kappa shape index (κ1) is 16.7. The number of aromatic carboxylic acids is 1. The molecule has 8 nitrogen and oxygen atoms in total. The molecule has 0 fully saturated rings. The third kappa shape index (κ3) is 4.21. The molecule has 3 aromatic rings. The van der Waals surface area contributed by atoms with Crippen LogP contribution in [0.5, 0.6) is 0 Å². The Balaban J connectivity index is 1.63. The standard InChI is InChI=1S/C16H13N5O3S/c22-14(19-12-4-1-3-11(7-12)15(23)24)9-25-16-20-18-10-21(16)13-5-2-6-17-8-13/h1-8,10H,9H2,(H,19,22)(H,23,24). The summed E-state index contributed by atoms with van der Waals surface area (Å²) in [4.78, 5) is 27.1. The van der Waals surface area contributed by atoms with Gasteiger partial charge >= 0.3 is 5.97 Å². The van der Waals surface area contributed by atoms with Gasteiger partial charge in [-0.2, -0.15) is 0 Å². The number of carbonyl (C=O) groups excluding carboxylic acids is 1. The van der Waals surface area contributed by atoms with Crippen molar-refractivity contribution < 1.29 is 14.7 Å². The van der Waals surface area contributed by atoms with E-state index in [1.807, 2.05) is 6.07 Å². The lowest BCUT2D eigenvalue weighted by molar-refractivity contribution is -0.113. The zero-order valence-corrected chi connectivity index (χ0v) is 13.7. The van der Waals surface area contributed by atoms with Gasteiger partial charge in [0.25, 0.3) is 0 Å². The van der Waals surface area contributed by atoms with Crippen molar-refractivity contribution in [3.63, 3.8) is 0 Å². The maximum atomic E-state index is 12.1. The van der Waals surface area contributed by atoms with Crippen LogP contribution in [0.3, 0.4) is 0 Å². The minimum atomic E-state index is -1.05. The van der Waals surface area contributed by atoms with Crippen molar-refractivity contribution in [2.24, 2.45) is 0 Å². The smallest absolute Gasteiger partial charge is 0.335 e. The average molecular weight is 355 g/mol. The van der Waals surface area contributed by atoms with E-state index in [1.165, 1.54) is 23.9 Å². The van der Waals surface area contributed by atoms with Gasteiger partial charge < -0.3 is 10.4 Å². The number of carboxylic acids is 1. The molecule has 126 valence electrons. The quantitative estimate of drug-likeness (QED) is 0.651. The summed E-state index contributed by atoms with van der Waals surface area (Å²) in [6, 6.07) is 9.73. The molecule has 0 saturated heterocycles. The number of anilines is 1. The van der Waals surface area contributed by atoms with Gasteiger partial charge in [0.1, 0.15) is 6.33 Å². The summed E-state index contributed by atoms with van der Waals surface area (Å²) in [5, 5.41) is 20.1. The number of nitrogens with one attached hydrogen (secondary N) is 1. The Hall–Kier alpha value is -3.20. The van der Waals surface area contributed by atoms with E-state index in [0.717, 1.165) is 5.69 Å². The number of hydrogen-bond donors (Lipinski definition) is 2. The summed E-state index contributed by atoms with van der Waals surface area (Å²) in [6.07, 6.45) is 4.89. The molecule has 2 N–H and O–H groups in total. The fourth-order valence-electron chi connectivity index (χ4n) is 2.05. The summed E-state index contributed by atoms with van der Waals surface area (Å²) in [5.41, 5.74) is 1.34. The fourth-order valence-corrected chi connectivity index (χ4v) is 2.78. The number of nitrogens with zero attached hydrogens (tertiary/aromatic N) is 4. The highest BCUT2D eigenvalue weighted by Crippen LogP contribution is 2.19. The monoisotopic (exact) mass is 355 g/mol. The number of rotatable bonds is 6. The Bertz CT molecular complexity index is 898. The summed E-state index contributed by atoms with van der Waals surface area (Å²) in [7, 11) is 0. The number of carbonyl (C=O) groups is 2. The lowest BCUT2D eigenvalue weighted by Gasteiger charge is -2.07. The highest BCUT2D eigenvalue weighted by Gasteiger charge is 2.11. The highest BCUT2D eigenvalue weighted by atomic mass is 32.2. The number of benzene rings is 1. The first-order valence-corrected chi connectivity index (χ1v) is 8.18. The van der Waals surface area contributed by atoms with E-state index in [1.54, 1.807) is 41.5 Å². The fraction of sp³-hybridized carbons (Fsp3) is 0.0625. The van der Waals surface area contributed by atoms with Crippen molar-refractivity contribution in [2.75, 3.05) is 11.1 Å². The predicted octanol–water partition coefficient (Wildman–Crippen LogP) is 2.09. The Kier molecular flexibility index (Phi) is 5.05. The van der Waals surface area contributed by atoms with Crippen LogP contribution in [0.2, 0.25) is 0 Å². The second kappa shape index (κ2) is 7.58. The van der Waals surface area contributed by atoms with Crippen molar-refractivity contribution in [3.8, 4) is 5.69 Å². The molecular formula is C16H13N5O3S. The molecule has 0 aliphatic carbocycles. The molecule has 0 radical (unpaired) electrons. The van der Waals surface area contributed by atoms with E-state index >= 15 is 0 Å². The molecule has 2 heterocycles. The maximum Gasteiger partial charge on any atom is 0.335 e. The van der Waals surface area contributed by atoms with Gasteiger partial charge in [0.05, 0.1) is 23.2 Å². The van der Waals surface area contributed by atoms with Gasteiger partial charge in [-0.05, 0) is 30.3 Å². The summed E-state index contributed by atoms with van der Waals surface area (Å²) in [6.45, 7) is 0. The highest BCUT2D eigenvalue weighted by molar-refractivity contribution is 7.99. The second-order valence-electron chi connectivity index (χ2n) is 4.92. The number of amides is 1. The molecule has 0 bridgehead atoms. The van der Waals surface area contributed by atoms with Crippen molar-refractivity contribution in [1.82, 2.24) is 19.7 Å². The zero-order valence-electron chi connectivity index (χ0n) is 12.9. The summed E-state index contributed by atoms with van der Waals surface area (Å²) >= 11 is 1.22. The van der Waals surface area contributed by atoms with Crippen LogP contribution in [0.15, 0.2) is 60.3 Å². The van der Waals surface area contributed by atoms with Crippen LogP contribution in [0.4, 0.5) is 5.69 Å². The van der Waals surface area contributed by atoms with Gasteiger partial charge in [0.2, 0.25) is 5.91 Å². The van der Waals surface area contributed by atoms with Crippen LogP contribution in [0.25, 0.3) is 5.69 Å². The maximum absolute atomic E-state index is 12.1. The van der Waals surface area contributed by atoms with Crippen molar-refractivity contribution >= 4 is 29.3 Å². The first-order chi connectivity index (χ1) is 12.1. The Morgan fingerprint density at radius 3 is 2.88 bits per heavy atom. The Morgan fingerprint density at radius 1 is 1.24 bits per heavy atom. The van der Waals surface area contributed by atoms with Gasteiger partial charge in [-0.25, -0.2) is 4.79 Å².